The first-order chi connectivity index (χ1) is 8.72. The van der Waals surface area contributed by atoms with E-state index in [4.69, 9.17) is 5.26 Å². The number of nitriles is 1. The van der Waals surface area contributed by atoms with Crippen molar-refractivity contribution < 1.29 is 0 Å². The fourth-order valence-electron chi connectivity index (χ4n) is 1.59. The number of anilines is 1. The number of nitrogens with zero attached hydrogens (tertiary/aromatic N) is 4. The summed E-state index contributed by atoms with van der Waals surface area (Å²) >= 11 is 0. The summed E-state index contributed by atoms with van der Waals surface area (Å²) in [6, 6.07) is 5.71. The van der Waals surface area contributed by atoms with Gasteiger partial charge < -0.3 is 5.32 Å². The molecule has 0 aliphatic rings. The van der Waals surface area contributed by atoms with E-state index < -0.39 is 0 Å². The molecule has 90 valence electrons. The highest BCUT2D eigenvalue weighted by atomic mass is 15.1. The van der Waals surface area contributed by atoms with Gasteiger partial charge in [-0.2, -0.15) is 5.26 Å². The van der Waals surface area contributed by atoms with Gasteiger partial charge in [0.2, 0.25) is 5.95 Å². The maximum Gasteiger partial charge on any atom is 0.223 e. The van der Waals surface area contributed by atoms with Crippen LogP contribution in [0.5, 0.6) is 0 Å². The second kappa shape index (κ2) is 5.23. The van der Waals surface area contributed by atoms with Gasteiger partial charge in [-0.1, -0.05) is 0 Å². The summed E-state index contributed by atoms with van der Waals surface area (Å²) in [7, 11) is 0. The first-order valence-electron chi connectivity index (χ1n) is 5.68. The molecule has 1 N–H and O–H groups in total. The van der Waals surface area contributed by atoms with Crippen LogP contribution in [0.25, 0.3) is 11.3 Å². The number of hydrogen-bond acceptors (Lipinski definition) is 5. The molecule has 0 aliphatic heterocycles. The van der Waals surface area contributed by atoms with Crippen molar-refractivity contribution >= 4 is 5.95 Å². The van der Waals surface area contributed by atoms with Crippen molar-refractivity contribution in [1.29, 1.82) is 5.26 Å². The number of nitrogens with one attached hydrogen (secondary N) is 1. The highest BCUT2D eigenvalue weighted by Gasteiger charge is 2.05. The van der Waals surface area contributed by atoms with E-state index in [1.54, 1.807) is 12.3 Å². The normalized spacial score (nSPS) is 9.83. The van der Waals surface area contributed by atoms with E-state index in [-0.39, 0.29) is 0 Å². The fraction of sp³-hybridized carbons (Fsp3) is 0.231. The van der Waals surface area contributed by atoms with Crippen molar-refractivity contribution in [3.63, 3.8) is 0 Å². The van der Waals surface area contributed by atoms with E-state index in [1.165, 1.54) is 6.20 Å². The maximum atomic E-state index is 8.87. The van der Waals surface area contributed by atoms with Crippen LogP contribution in [-0.2, 0) is 0 Å². The molecule has 0 radical (unpaired) electrons. The first-order valence-corrected chi connectivity index (χ1v) is 5.68. The van der Waals surface area contributed by atoms with E-state index in [0.29, 0.717) is 11.5 Å². The Balaban J connectivity index is 2.46. The molecule has 2 aromatic heterocycles. The molecule has 0 atom stereocenters. The van der Waals surface area contributed by atoms with Gasteiger partial charge in [-0.05, 0) is 26.0 Å². The Morgan fingerprint density at radius 2 is 2.11 bits per heavy atom. The quantitative estimate of drug-likeness (QED) is 0.888. The van der Waals surface area contributed by atoms with Gasteiger partial charge in [-0.25, -0.2) is 9.97 Å². The Hall–Kier alpha value is -2.48. The molecule has 2 heterocycles. The molecule has 2 aromatic rings. The number of hydrogen-bond donors (Lipinski definition) is 1. The largest absolute Gasteiger partial charge is 0.354 e. The minimum absolute atomic E-state index is 0.522. The molecule has 2 rings (SSSR count). The molecule has 0 saturated carbocycles. The molecule has 0 fully saturated rings. The van der Waals surface area contributed by atoms with Crippen LogP contribution in [0.3, 0.4) is 0 Å². The number of rotatable bonds is 3. The maximum absolute atomic E-state index is 8.87. The van der Waals surface area contributed by atoms with Crippen molar-refractivity contribution in [2.45, 2.75) is 13.8 Å². The average Bonchev–Trinajstić information content (AvgIpc) is 2.38. The molecule has 18 heavy (non-hydrogen) atoms. The highest BCUT2D eigenvalue weighted by molar-refractivity contribution is 5.61. The minimum Gasteiger partial charge on any atom is -0.354 e. The Morgan fingerprint density at radius 1 is 1.28 bits per heavy atom. The zero-order valence-corrected chi connectivity index (χ0v) is 10.3. The monoisotopic (exact) mass is 239 g/mol. The predicted molar refractivity (Wildman–Crippen MR) is 68.9 cm³/mol. The second-order valence-electron chi connectivity index (χ2n) is 3.82. The Bertz CT molecular complexity index is 601. The lowest BCUT2D eigenvalue weighted by molar-refractivity contribution is 1.05. The smallest absolute Gasteiger partial charge is 0.223 e. The van der Waals surface area contributed by atoms with Gasteiger partial charge >= 0.3 is 0 Å². The van der Waals surface area contributed by atoms with Crippen molar-refractivity contribution in [1.82, 2.24) is 15.0 Å². The molecule has 0 saturated heterocycles. The van der Waals surface area contributed by atoms with Crippen LogP contribution in [0.4, 0.5) is 5.95 Å². The molecule has 0 amide bonds. The van der Waals surface area contributed by atoms with Gasteiger partial charge in [-0.3, -0.25) is 4.98 Å². The summed E-state index contributed by atoms with van der Waals surface area (Å²) in [6.07, 6.45) is 3.22. The number of aromatic nitrogens is 3. The summed E-state index contributed by atoms with van der Waals surface area (Å²) in [5, 5.41) is 11.9. The lowest BCUT2D eigenvalue weighted by Crippen LogP contribution is -2.04. The van der Waals surface area contributed by atoms with Crippen molar-refractivity contribution in [3.8, 4) is 17.3 Å². The van der Waals surface area contributed by atoms with Gasteiger partial charge in [0.1, 0.15) is 6.07 Å². The van der Waals surface area contributed by atoms with Crippen molar-refractivity contribution in [2.75, 3.05) is 11.9 Å². The Kier molecular flexibility index (Phi) is 3.49. The summed E-state index contributed by atoms with van der Waals surface area (Å²) < 4.78 is 0. The zero-order valence-electron chi connectivity index (χ0n) is 10.3. The summed E-state index contributed by atoms with van der Waals surface area (Å²) in [6.45, 7) is 4.66. The predicted octanol–water partition coefficient (Wildman–Crippen LogP) is 2.15. The molecule has 5 nitrogen and oxygen atoms in total. The summed E-state index contributed by atoms with van der Waals surface area (Å²) in [5.41, 5.74) is 2.98. The standard InChI is InChI=1S/C13H13N5/c1-3-16-13-17-9(2)4-12(18-13)11-5-10(6-14)7-15-8-11/h4-5,7-8H,3H2,1-2H3,(H,16,17,18). The third kappa shape index (κ3) is 2.61. The number of aryl methyl sites for hydroxylation is 1. The van der Waals surface area contributed by atoms with Crippen LogP contribution in [0, 0.1) is 18.3 Å². The Morgan fingerprint density at radius 3 is 2.83 bits per heavy atom. The second-order valence-corrected chi connectivity index (χ2v) is 3.82. The number of pyridine rings is 1. The van der Waals surface area contributed by atoms with Crippen LogP contribution in [-0.4, -0.2) is 21.5 Å². The lowest BCUT2D eigenvalue weighted by atomic mass is 10.1. The lowest BCUT2D eigenvalue weighted by Gasteiger charge is -2.06. The van der Waals surface area contributed by atoms with E-state index in [2.05, 4.69) is 26.3 Å². The zero-order chi connectivity index (χ0) is 13.0. The van der Waals surface area contributed by atoms with Crippen LogP contribution >= 0.6 is 0 Å². The van der Waals surface area contributed by atoms with Crippen LogP contribution in [0.15, 0.2) is 24.5 Å². The van der Waals surface area contributed by atoms with Crippen LogP contribution in [0.1, 0.15) is 18.2 Å². The van der Waals surface area contributed by atoms with E-state index in [1.807, 2.05) is 19.9 Å². The van der Waals surface area contributed by atoms with Gasteiger partial charge in [0.05, 0.1) is 11.3 Å². The van der Waals surface area contributed by atoms with Crippen LogP contribution < -0.4 is 5.32 Å². The van der Waals surface area contributed by atoms with Crippen molar-refractivity contribution in [2.24, 2.45) is 0 Å². The van der Waals surface area contributed by atoms with E-state index >= 15 is 0 Å². The molecule has 0 spiro atoms. The Labute approximate surface area is 106 Å². The third-order valence-corrected chi connectivity index (χ3v) is 2.35. The average molecular weight is 239 g/mol. The van der Waals surface area contributed by atoms with Gasteiger partial charge in [0.15, 0.2) is 0 Å². The SMILES string of the molecule is CCNc1nc(C)cc(-c2cncc(C#N)c2)n1. The topological polar surface area (TPSA) is 74.5 Å². The van der Waals surface area contributed by atoms with Gasteiger partial charge in [0.25, 0.3) is 0 Å². The van der Waals surface area contributed by atoms with E-state index in [9.17, 15) is 0 Å². The van der Waals surface area contributed by atoms with Gasteiger partial charge in [-0.15, -0.1) is 0 Å². The van der Waals surface area contributed by atoms with Crippen LogP contribution in [0.2, 0.25) is 0 Å². The third-order valence-electron chi connectivity index (χ3n) is 2.35. The molecule has 0 aromatic carbocycles. The minimum atomic E-state index is 0.522. The molecule has 0 unspecified atom stereocenters. The highest BCUT2D eigenvalue weighted by Crippen LogP contribution is 2.19. The molecular weight excluding hydrogens is 226 g/mol. The molecular formula is C13H13N5. The molecule has 0 aliphatic carbocycles. The van der Waals surface area contributed by atoms with E-state index in [0.717, 1.165) is 23.5 Å². The van der Waals surface area contributed by atoms with Crippen molar-refractivity contribution in [3.05, 3.63) is 35.8 Å². The summed E-state index contributed by atoms with van der Waals surface area (Å²) in [4.78, 5) is 12.7. The van der Waals surface area contributed by atoms with Gasteiger partial charge in [0, 0.05) is 30.2 Å². The summed E-state index contributed by atoms with van der Waals surface area (Å²) in [5.74, 6) is 0.592. The first kappa shape index (κ1) is 12.0. The molecule has 5 heteroatoms. The fourth-order valence-corrected chi connectivity index (χ4v) is 1.59. The molecule has 0 bridgehead atoms.